The van der Waals surface area contributed by atoms with E-state index in [0.717, 1.165) is 24.9 Å². The maximum absolute atomic E-state index is 12.7. The topological polar surface area (TPSA) is 102 Å². The number of nitrogens with zero attached hydrogens (tertiary/aromatic N) is 4. The molecule has 1 aliphatic heterocycles. The molecule has 1 saturated heterocycles. The number of aromatic amines is 1. The van der Waals surface area contributed by atoms with E-state index >= 15 is 0 Å². The lowest BCUT2D eigenvalue weighted by molar-refractivity contribution is 0.286. The molecular formula is C27H32N6O2. The van der Waals surface area contributed by atoms with E-state index in [1.807, 2.05) is 0 Å². The van der Waals surface area contributed by atoms with Crippen molar-refractivity contribution < 1.29 is 4.74 Å². The number of fused-ring (bicyclic) bond motifs is 1. The lowest BCUT2D eigenvalue weighted by atomic mass is 9.98. The van der Waals surface area contributed by atoms with Gasteiger partial charge in [-0.15, -0.1) is 0 Å². The van der Waals surface area contributed by atoms with Crippen LogP contribution in [0.15, 0.2) is 53.3 Å². The molecule has 0 atom stereocenters. The maximum atomic E-state index is 12.7. The van der Waals surface area contributed by atoms with Gasteiger partial charge in [0.05, 0.1) is 13.2 Å². The van der Waals surface area contributed by atoms with Crippen molar-refractivity contribution in [2.24, 2.45) is 0 Å². The number of nitrogen functional groups attached to an aromatic ring is 1. The molecule has 0 aliphatic carbocycles. The van der Waals surface area contributed by atoms with E-state index in [1.54, 1.807) is 4.57 Å². The van der Waals surface area contributed by atoms with E-state index in [4.69, 9.17) is 10.5 Å². The van der Waals surface area contributed by atoms with Crippen molar-refractivity contribution in [3.8, 4) is 17.1 Å². The number of ether oxygens (including phenoxy) is 1. The molecule has 2 aromatic carbocycles. The normalized spacial score (nSPS) is 14.1. The fraction of sp³-hybridized carbons (Fsp3) is 0.370. The molecule has 8 nitrogen and oxygen atoms in total. The Morgan fingerprint density at radius 1 is 1.03 bits per heavy atom. The molecule has 0 bridgehead atoms. The second-order valence-electron chi connectivity index (χ2n) is 9.15. The molecule has 182 valence electrons. The Balaban J connectivity index is 1.39. The molecule has 0 amide bonds. The monoisotopic (exact) mass is 472 g/mol. The molecule has 4 aromatic rings. The summed E-state index contributed by atoms with van der Waals surface area (Å²) in [7, 11) is 0. The summed E-state index contributed by atoms with van der Waals surface area (Å²) >= 11 is 0. The molecule has 2 aromatic heterocycles. The molecule has 3 heterocycles. The predicted molar refractivity (Wildman–Crippen MR) is 138 cm³/mol. The highest BCUT2D eigenvalue weighted by molar-refractivity contribution is 5.82. The Morgan fingerprint density at radius 3 is 2.57 bits per heavy atom. The van der Waals surface area contributed by atoms with E-state index in [1.165, 1.54) is 42.6 Å². The van der Waals surface area contributed by atoms with Crippen molar-refractivity contribution in [2.45, 2.75) is 45.7 Å². The SMILES string of the molecule is CCCCOc1nc(N)c2[nH]c(=O)n(Cc3ccc(-c4ccccc4CN4CCCC4)cc3)c2n1. The summed E-state index contributed by atoms with van der Waals surface area (Å²) in [6.07, 6.45) is 4.47. The highest BCUT2D eigenvalue weighted by Crippen LogP contribution is 2.27. The number of unbranched alkanes of at least 4 members (excludes halogenated alkanes) is 1. The summed E-state index contributed by atoms with van der Waals surface area (Å²) in [5, 5.41) is 0. The summed E-state index contributed by atoms with van der Waals surface area (Å²) in [6, 6.07) is 17.2. The van der Waals surface area contributed by atoms with Crippen LogP contribution in [0.25, 0.3) is 22.3 Å². The largest absolute Gasteiger partial charge is 0.463 e. The summed E-state index contributed by atoms with van der Waals surface area (Å²) in [4.78, 5) is 26.7. The quantitative estimate of drug-likeness (QED) is 0.354. The fourth-order valence-corrected chi connectivity index (χ4v) is 4.64. The van der Waals surface area contributed by atoms with Crippen molar-refractivity contribution >= 4 is 17.0 Å². The lowest BCUT2D eigenvalue weighted by Gasteiger charge is -2.17. The van der Waals surface area contributed by atoms with Crippen LogP contribution >= 0.6 is 0 Å². The number of anilines is 1. The molecular weight excluding hydrogens is 440 g/mol. The number of likely N-dealkylation sites (tertiary alicyclic amines) is 1. The number of rotatable bonds is 9. The first kappa shape index (κ1) is 23.1. The van der Waals surface area contributed by atoms with E-state index < -0.39 is 0 Å². The van der Waals surface area contributed by atoms with Crippen LogP contribution < -0.4 is 16.2 Å². The van der Waals surface area contributed by atoms with Gasteiger partial charge in [-0.1, -0.05) is 61.9 Å². The van der Waals surface area contributed by atoms with Gasteiger partial charge in [-0.3, -0.25) is 9.47 Å². The number of nitrogens with one attached hydrogen (secondary N) is 1. The third-order valence-corrected chi connectivity index (χ3v) is 6.57. The van der Waals surface area contributed by atoms with E-state index in [-0.39, 0.29) is 17.5 Å². The van der Waals surface area contributed by atoms with Crippen molar-refractivity contribution in [1.82, 2.24) is 24.4 Å². The van der Waals surface area contributed by atoms with E-state index in [2.05, 4.69) is 75.3 Å². The molecule has 8 heteroatoms. The third-order valence-electron chi connectivity index (χ3n) is 6.57. The Labute approximate surface area is 204 Å². The number of nitrogens with two attached hydrogens (primary N) is 1. The number of hydrogen-bond acceptors (Lipinski definition) is 6. The smallest absolute Gasteiger partial charge is 0.328 e. The Bertz CT molecular complexity index is 1350. The van der Waals surface area contributed by atoms with Gasteiger partial charge in [-0.25, -0.2) is 4.79 Å². The van der Waals surface area contributed by atoms with Crippen LogP contribution in [0, 0.1) is 0 Å². The standard InChI is InChI=1S/C27H32N6O2/c1-2-3-16-35-26-30-24(28)23-25(31-26)33(27(34)29-23)17-19-10-12-20(13-11-19)22-9-5-4-8-21(22)18-32-14-6-7-15-32/h4-5,8-13H,2-3,6-7,14-18H2,1H3,(H,29,34)(H2,28,30,31). The molecule has 0 radical (unpaired) electrons. The fourth-order valence-electron chi connectivity index (χ4n) is 4.64. The van der Waals surface area contributed by atoms with Crippen molar-refractivity contribution in [1.29, 1.82) is 0 Å². The number of benzene rings is 2. The van der Waals surface area contributed by atoms with Crippen molar-refractivity contribution in [3.63, 3.8) is 0 Å². The van der Waals surface area contributed by atoms with Gasteiger partial charge in [0.25, 0.3) is 0 Å². The minimum Gasteiger partial charge on any atom is -0.463 e. The summed E-state index contributed by atoms with van der Waals surface area (Å²) in [5.74, 6) is 0.210. The van der Waals surface area contributed by atoms with Gasteiger partial charge >= 0.3 is 11.7 Å². The second kappa shape index (κ2) is 10.3. The van der Waals surface area contributed by atoms with Crippen LogP contribution in [0.4, 0.5) is 5.82 Å². The first-order valence-corrected chi connectivity index (χ1v) is 12.4. The van der Waals surface area contributed by atoms with Crippen molar-refractivity contribution in [3.05, 3.63) is 70.1 Å². The van der Waals surface area contributed by atoms with Gasteiger partial charge in [-0.05, 0) is 54.6 Å². The third kappa shape index (κ3) is 5.07. The van der Waals surface area contributed by atoms with Gasteiger partial charge in [0, 0.05) is 6.54 Å². The van der Waals surface area contributed by atoms with Gasteiger partial charge < -0.3 is 15.5 Å². The molecule has 1 aliphatic rings. The minimum atomic E-state index is -0.272. The van der Waals surface area contributed by atoms with Crippen LogP contribution in [0.2, 0.25) is 0 Å². The number of aromatic nitrogens is 4. The van der Waals surface area contributed by atoms with Crippen molar-refractivity contribution in [2.75, 3.05) is 25.4 Å². The highest BCUT2D eigenvalue weighted by atomic mass is 16.5. The van der Waals surface area contributed by atoms with Gasteiger partial charge in [0.15, 0.2) is 11.5 Å². The molecule has 3 N–H and O–H groups in total. The van der Waals surface area contributed by atoms with E-state index in [9.17, 15) is 4.79 Å². The highest BCUT2D eigenvalue weighted by Gasteiger charge is 2.16. The van der Waals surface area contributed by atoms with Crippen LogP contribution in [0.5, 0.6) is 6.01 Å². The van der Waals surface area contributed by atoms with Crippen LogP contribution in [-0.4, -0.2) is 44.1 Å². The molecule has 0 spiro atoms. The molecule has 1 fully saturated rings. The zero-order chi connectivity index (χ0) is 24.2. The Morgan fingerprint density at radius 2 is 1.80 bits per heavy atom. The lowest BCUT2D eigenvalue weighted by Crippen LogP contribution is -2.18. The average molecular weight is 473 g/mol. The van der Waals surface area contributed by atoms with Gasteiger partial charge in [-0.2, -0.15) is 9.97 Å². The Kier molecular flexibility index (Phi) is 6.81. The zero-order valence-electron chi connectivity index (χ0n) is 20.2. The van der Waals surface area contributed by atoms with Crippen LogP contribution in [-0.2, 0) is 13.1 Å². The van der Waals surface area contributed by atoms with Crippen LogP contribution in [0.1, 0.15) is 43.7 Å². The number of hydrogen-bond donors (Lipinski definition) is 2. The molecule has 35 heavy (non-hydrogen) atoms. The minimum absolute atomic E-state index is 0.196. The molecule has 0 unspecified atom stereocenters. The van der Waals surface area contributed by atoms with Gasteiger partial charge in [0.2, 0.25) is 0 Å². The zero-order valence-corrected chi connectivity index (χ0v) is 20.2. The summed E-state index contributed by atoms with van der Waals surface area (Å²) in [6.45, 7) is 6.30. The number of imidazole rings is 1. The van der Waals surface area contributed by atoms with E-state index in [0.29, 0.717) is 24.3 Å². The summed E-state index contributed by atoms with van der Waals surface area (Å²) < 4.78 is 7.22. The molecule has 5 rings (SSSR count). The number of H-pyrrole nitrogens is 1. The maximum Gasteiger partial charge on any atom is 0.328 e. The first-order chi connectivity index (χ1) is 17.1. The van der Waals surface area contributed by atoms with Crippen LogP contribution in [0.3, 0.4) is 0 Å². The predicted octanol–water partition coefficient (Wildman–Crippen LogP) is 4.19. The van der Waals surface area contributed by atoms with Gasteiger partial charge in [0.1, 0.15) is 5.52 Å². The second-order valence-corrected chi connectivity index (χ2v) is 9.15. The molecule has 0 saturated carbocycles. The summed E-state index contributed by atoms with van der Waals surface area (Å²) in [5.41, 5.74) is 11.5. The average Bonchev–Trinajstić information content (AvgIpc) is 3.49. The first-order valence-electron chi connectivity index (χ1n) is 12.4. The Hall–Kier alpha value is -3.65.